The monoisotopic (exact) mass is 320 g/mol. The molecule has 7 heteroatoms. The minimum atomic E-state index is -4.81. The highest BCUT2D eigenvalue weighted by atomic mass is 19.4. The molecule has 0 aromatic heterocycles. The van der Waals surface area contributed by atoms with Crippen molar-refractivity contribution in [1.29, 1.82) is 0 Å². The zero-order valence-electron chi connectivity index (χ0n) is 12.6. The maximum Gasteiger partial charge on any atom is 0.416 e. The minimum absolute atomic E-state index is 0.189. The van der Waals surface area contributed by atoms with Crippen molar-refractivity contribution in [1.82, 2.24) is 0 Å². The van der Waals surface area contributed by atoms with E-state index in [0.29, 0.717) is 12.1 Å². The Bertz CT molecular complexity index is 598. The Morgan fingerprint density at radius 3 is 2.00 bits per heavy atom. The van der Waals surface area contributed by atoms with E-state index < -0.39 is 46.0 Å². The second-order valence-corrected chi connectivity index (χ2v) is 5.66. The van der Waals surface area contributed by atoms with E-state index in [-0.39, 0.29) is 6.42 Å². The zero-order chi connectivity index (χ0) is 17.3. The van der Waals surface area contributed by atoms with Crippen LogP contribution in [0.1, 0.15) is 60.4 Å². The largest absolute Gasteiger partial charge is 0.456 e. The molecule has 0 N–H and O–H groups in total. The van der Waals surface area contributed by atoms with E-state index in [9.17, 15) is 27.2 Å². The fraction of sp³-hybridized carbons (Fsp3) is 0.467. The third kappa shape index (κ3) is 4.29. The van der Waals surface area contributed by atoms with Gasteiger partial charge in [0.05, 0.1) is 16.7 Å². The molecule has 0 aliphatic rings. The van der Waals surface area contributed by atoms with Gasteiger partial charge in [-0.25, -0.2) is 9.18 Å². The topological polar surface area (TPSA) is 43.4 Å². The number of alkyl halides is 3. The Kier molecular flexibility index (Phi) is 4.99. The summed E-state index contributed by atoms with van der Waals surface area (Å²) in [5.41, 5.74) is -3.95. The quantitative estimate of drug-likeness (QED) is 0.471. The van der Waals surface area contributed by atoms with Crippen LogP contribution in [0.2, 0.25) is 0 Å². The predicted molar refractivity (Wildman–Crippen MR) is 71.2 cm³/mol. The van der Waals surface area contributed by atoms with Crippen LogP contribution >= 0.6 is 0 Å². The summed E-state index contributed by atoms with van der Waals surface area (Å²) < 4.78 is 57.7. The smallest absolute Gasteiger partial charge is 0.416 e. The van der Waals surface area contributed by atoms with Crippen LogP contribution in [0.3, 0.4) is 0 Å². The fourth-order valence-corrected chi connectivity index (χ4v) is 1.66. The molecule has 0 radical (unpaired) electrons. The highest BCUT2D eigenvalue weighted by Gasteiger charge is 2.35. The van der Waals surface area contributed by atoms with E-state index in [4.69, 9.17) is 4.74 Å². The van der Waals surface area contributed by atoms with Crippen molar-refractivity contribution in [3.63, 3.8) is 0 Å². The van der Waals surface area contributed by atoms with Gasteiger partial charge in [0.15, 0.2) is 5.78 Å². The number of esters is 1. The lowest BCUT2D eigenvalue weighted by molar-refractivity contribution is -0.137. The summed E-state index contributed by atoms with van der Waals surface area (Å²) in [7, 11) is 0. The molecule has 1 aromatic rings. The highest BCUT2D eigenvalue weighted by molar-refractivity contribution is 6.00. The summed E-state index contributed by atoms with van der Waals surface area (Å²) >= 11 is 0. The van der Waals surface area contributed by atoms with Crippen LogP contribution in [0.15, 0.2) is 12.1 Å². The molecule has 0 atom stereocenters. The number of carbonyl (C=O) groups is 2. The van der Waals surface area contributed by atoms with Crippen molar-refractivity contribution in [2.24, 2.45) is 0 Å². The number of ketones is 1. The number of halogens is 4. The van der Waals surface area contributed by atoms with Crippen LogP contribution in [0.5, 0.6) is 0 Å². The second-order valence-electron chi connectivity index (χ2n) is 5.66. The molecule has 0 saturated carbocycles. The summed E-state index contributed by atoms with van der Waals surface area (Å²) in [5, 5.41) is 0. The lowest BCUT2D eigenvalue weighted by Crippen LogP contribution is -2.25. The van der Waals surface area contributed by atoms with Gasteiger partial charge in [-0.05, 0) is 32.9 Å². The number of hydrogen-bond donors (Lipinski definition) is 0. The SMILES string of the molecule is CCC(=O)c1cc(C(F)(F)F)cc(C(=O)OC(C)(C)C)c1F. The Morgan fingerprint density at radius 1 is 1.09 bits per heavy atom. The van der Waals surface area contributed by atoms with Crippen LogP contribution in [0.4, 0.5) is 17.6 Å². The second kappa shape index (κ2) is 6.06. The van der Waals surface area contributed by atoms with E-state index in [0.717, 1.165) is 0 Å². The molecular weight excluding hydrogens is 304 g/mol. The Balaban J connectivity index is 3.49. The van der Waals surface area contributed by atoms with Crippen molar-refractivity contribution in [3.8, 4) is 0 Å². The van der Waals surface area contributed by atoms with Gasteiger partial charge in [-0.15, -0.1) is 0 Å². The molecular formula is C15H16F4O3. The standard InChI is InChI=1S/C15H16F4O3/c1-5-11(20)9-6-8(15(17,18)19)7-10(12(9)16)13(21)22-14(2,3)4/h6-7H,5H2,1-4H3. The summed E-state index contributed by atoms with van der Waals surface area (Å²) in [6.45, 7) is 5.87. The Morgan fingerprint density at radius 2 is 1.59 bits per heavy atom. The molecule has 122 valence electrons. The van der Waals surface area contributed by atoms with Crippen LogP contribution in [0.25, 0.3) is 0 Å². The molecule has 0 aliphatic carbocycles. The minimum Gasteiger partial charge on any atom is -0.456 e. The number of carbonyl (C=O) groups excluding carboxylic acids is 2. The summed E-state index contributed by atoms with van der Waals surface area (Å²) in [6, 6.07) is 0.769. The molecule has 0 fully saturated rings. The van der Waals surface area contributed by atoms with Gasteiger partial charge in [0.1, 0.15) is 11.4 Å². The third-order valence-electron chi connectivity index (χ3n) is 2.64. The Hall–Kier alpha value is -1.92. The summed E-state index contributed by atoms with van der Waals surface area (Å²) in [6.07, 6.45) is -5.00. The predicted octanol–water partition coefficient (Wildman–Crippen LogP) is 4.39. The van der Waals surface area contributed by atoms with Gasteiger partial charge in [0.25, 0.3) is 0 Å². The van der Waals surface area contributed by atoms with E-state index in [2.05, 4.69) is 0 Å². The van der Waals surface area contributed by atoms with Gasteiger partial charge in [0, 0.05) is 6.42 Å². The first kappa shape index (κ1) is 18.1. The van der Waals surface area contributed by atoms with E-state index >= 15 is 0 Å². The molecule has 0 saturated heterocycles. The van der Waals surface area contributed by atoms with Crippen molar-refractivity contribution in [2.45, 2.75) is 45.9 Å². The molecule has 0 heterocycles. The number of hydrogen-bond acceptors (Lipinski definition) is 3. The zero-order valence-corrected chi connectivity index (χ0v) is 12.6. The van der Waals surface area contributed by atoms with Gasteiger partial charge in [0.2, 0.25) is 0 Å². The maximum absolute atomic E-state index is 14.2. The van der Waals surface area contributed by atoms with Gasteiger partial charge in [-0.2, -0.15) is 13.2 Å². The average molecular weight is 320 g/mol. The van der Waals surface area contributed by atoms with E-state index in [1.165, 1.54) is 27.7 Å². The van der Waals surface area contributed by atoms with Crippen molar-refractivity contribution < 1.29 is 31.9 Å². The first-order valence-corrected chi connectivity index (χ1v) is 6.54. The van der Waals surface area contributed by atoms with Gasteiger partial charge >= 0.3 is 12.1 Å². The number of Topliss-reactive ketones (excluding diaryl/α,β-unsaturated/α-hetero) is 1. The summed E-state index contributed by atoms with van der Waals surface area (Å²) in [5.74, 6) is -3.37. The van der Waals surface area contributed by atoms with E-state index in [1.54, 1.807) is 0 Å². The molecule has 0 spiro atoms. The normalized spacial score (nSPS) is 12.2. The van der Waals surface area contributed by atoms with Crippen molar-refractivity contribution >= 4 is 11.8 Å². The number of benzene rings is 1. The lowest BCUT2D eigenvalue weighted by Gasteiger charge is -2.20. The van der Waals surface area contributed by atoms with Crippen LogP contribution in [-0.2, 0) is 10.9 Å². The van der Waals surface area contributed by atoms with Crippen LogP contribution < -0.4 is 0 Å². The lowest BCUT2D eigenvalue weighted by atomic mass is 10.00. The molecule has 0 aliphatic heterocycles. The molecule has 22 heavy (non-hydrogen) atoms. The molecule has 1 rings (SSSR count). The van der Waals surface area contributed by atoms with Crippen LogP contribution in [-0.4, -0.2) is 17.4 Å². The first-order chi connectivity index (χ1) is 9.86. The summed E-state index contributed by atoms with van der Waals surface area (Å²) in [4.78, 5) is 23.5. The van der Waals surface area contributed by atoms with Crippen molar-refractivity contribution in [2.75, 3.05) is 0 Å². The molecule has 0 amide bonds. The number of rotatable bonds is 3. The average Bonchev–Trinajstić information content (AvgIpc) is 2.34. The highest BCUT2D eigenvalue weighted by Crippen LogP contribution is 2.33. The van der Waals surface area contributed by atoms with E-state index in [1.807, 2.05) is 0 Å². The Labute approximate surface area is 125 Å². The van der Waals surface area contributed by atoms with Gasteiger partial charge in [-0.3, -0.25) is 4.79 Å². The molecule has 3 nitrogen and oxygen atoms in total. The van der Waals surface area contributed by atoms with Crippen molar-refractivity contribution in [3.05, 3.63) is 34.6 Å². The fourth-order valence-electron chi connectivity index (χ4n) is 1.66. The molecule has 0 unspecified atom stereocenters. The first-order valence-electron chi connectivity index (χ1n) is 6.54. The van der Waals surface area contributed by atoms with Gasteiger partial charge in [-0.1, -0.05) is 6.92 Å². The maximum atomic E-state index is 14.2. The van der Waals surface area contributed by atoms with Crippen LogP contribution in [0, 0.1) is 5.82 Å². The molecule has 1 aromatic carbocycles. The van der Waals surface area contributed by atoms with Gasteiger partial charge < -0.3 is 4.74 Å². The number of ether oxygens (including phenoxy) is 1. The molecule has 0 bridgehead atoms. The third-order valence-corrected chi connectivity index (χ3v) is 2.64.